The highest BCUT2D eigenvalue weighted by Gasteiger charge is 2.39. The number of hydrogen-bond acceptors (Lipinski definition) is 9. The van der Waals surface area contributed by atoms with Crippen LogP contribution in [0.1, 0.15) is 200 Å². The molecule has 548 valence electrons. The molecule has 3 N–H and O–H groups in total. The maximum Gasteiger partial charge on any atom is 0.416 e. The quantitative estimate of drug-likeness (QED) is 0.0333. The molecule has 8 rings (SSSR count). The zero-order valence-corrected chi connectivity index (χ0v) is 61.9. The first-order chi connectivity index (χ1) is 45.8. The minimum atomic E-state index is -4.78. The fraction of sp³-hybridized carbons (Fsp3) is 0.500. The van der Waals surface area contributed by atoms with Crippen molar-refractivity contribution in [3.05, 3.63) is 183 Å². The zero-order chi connectivity index (χ0) is 72.7. The van der Waals surface area contributed by atoms with Gasteiger partial charge in [0.1, 0.15) is 23.7 Å². The Balaban J connectivity index is 0.000000354. The molecule has 0 bridgehead atoms. The van der Waals surface area contributed by atoms with E-state index in [1.54, 1.807) is 96.9 Å². The molecule has 2 amide bonds. The molecule has 4 aromatic carbocycles. The van der Waals surface area contributed by atoms with Crippen LogP contribution in [0, 0.1) is 65.0 Å². The van der Waals surface area contributed by atoms with Crippen LogP contribution in [0.5, 0.6) is 0 Å². The number of likely N-dealkylation sites (N-methyl/N-ethyl adjacent to an activating group) is 2. The van der Waals surface area contributed by atoms with Gasteiger partial charge in [0.25, 0.3) is 11.1 Å². The summed E-state index contributed by atoms with van der Waals surface area (Å²) in [6.07, 6.45) is -3.70. The second kappa shape index (κ2) is 35.1. The van der Waals surface area contributed by atoms with Crippen LogP contribution in [0.3, 0.4) is 0 Å². The lowest BCUT2D eigenvalue weighted by Gasteiger charge is -2.27. The van der Waals surface area contributed by atoms with E-state index in [9.17, 15) is 60.2 Å². The SMILES string of the molecule is CCOC(=O)C[C@H](NC(=O)C(CC(C)C)n1cc(CCN(C)C)c(C(F)(F)F)cc1=O)c1cc(-c2c(C)cc(C3CC3)cc2C)cc(C)c1F.Cc1cc(-c2c(C)cc(C3CC3)cc2C)cc([C@H](CC(=O)O)NC(=O)C(CC(C)C)n2cc(CCN(C)C)c(C(F)(F)F)cc2=O)c1F.S.S. The van der Waals surface area contributed by atoms with Crippen LogP contribution in [0.4, 0.5) is 35.1 Å². The number of alkyl halides is 6. The van der Waals surface area contributed by atoms with Crippen molar-refractivity contribution in [1.82, 2.24) is 29.6 Å². The zero-order valence-electron chi connectivity index (χ0n) is 59.9. The number of carbonyl (C=O) groups is 4. The van der Waals surface area contributed by atoms with Gasteiger partial charge in [-0.25, -0.2) is 8.78 Å². The molecule has 2 heterocycles. The van der Waals surface area contributed by atoms with Crippen molar-refractivity contribution in [2.75, 3.05) is 47.9 Å². The first-order valence-corrected chi connectivity index (χ1v) is 33.5. The fourth-order valence-corrected chi connectivity index (χ4v) is 13.0. The summed E-state index contributed by atoms with van der Waals surface area (Å²) in [7, 11) is 6.87. The molecule has 2 aliphatic carbocycles. The van der Waals surface area contributed by atoms with Crippen LogP contribution < -0.4 is 21.8 Å². The van der Waals surface area contributed by atoms with Gasteiger partial charge in [-0.2, -0.15) is 53.3 Å². The van der Waals surface area contributed by atoms with E-state index in [0.29, 0.717) is 35.1 Å². The summed E-state index contributed by atoms with van der Waals surface area (Å²) < 4.78 is 123. The predicted molar refractivity (Wildman–Crippen MR) is 385 cm³/mol. The van der Waals surface area contributed by atoms with Crippen LogP contribution in [0.25, 0.3) is 22.3 Å². The average molecular weight is 1440 g/mol. The number of carboxylic acids is 1. The molecule has 2 aliphatic rings. The standard InChI is InChI=1S/C39H49F4N3O4.C37H45F4N3O4.2H2S/c1-9-50-35(48)20-32(30-18-29(17-25(6)37(30)40)36-23(4)15-28(16-24(36)5)26-10-11-26)44-38(49)33(14-22(2)3)46-21-27(12-13-45(7)8)31(19-34(46)47)39(41,42)43;1-20(2)12-31(44-19-25(10-11-43(6)7)29(17-32(44)45)37(39,40)41)36(48)42-30(18-33(46)47)28-16-27(15-23(5)35(28)38)34-21(3)13-26(14-22(34)4)24-8-9-24;;/h15-19,21-22,26,32-33H,9-14,20H2,1-8H3,(H,44,49);13-17,19-20,24,30-31H,8-12,18H2,1-7H3,(H,42,48)(H,46,47);2*1H2/t32-,33?;30-,31?;;/m00../s1. The minimum absolute atomic E-state index is 0. The summed E-state index contributed by atoms with van der Waals surface area (Å²) in [6.45, 7) is 20.7. The lowest BCUT2D eigenvalue weighted by molar-refractivity contribution is -0.144. The van der Waals surface area contributed by atoms with E-state index in [0.717, 1.165) is 86.2 Å². The Morgan fingerprint density at radius 1 is 0.550 bits per heavy atom. The van der Waals surface area contributed by atoms with E-state index >= 15 is 8.78 Å². The molecule has 2 aromatic heterocycles. The largest absolute Gasteiger partial charge is 0.481 e. The van der Waals surface area contributed by atoms with Crippen LogP contribution in [-0.2, 0) is 49.1 Å². The van der Waals surface area contributed by atoms with E-state index in [4.69, 9.17) is 4.74 Å². The molecule has 24 heteroatoms. The maximum absolute atomic E-state index is 16.1. The van der Waals surface area contributed by atoms with Gasteiger partial charge >= 0.3 is 24.3 Å². The van der Waals surface area contributed by atoms with E-state index in [2.05, 4.69) is 34.9 Å². The molecule has 14 nitrogen and oxygen atoms in total. The van der Waals surface area contributed by atoms with E-state index in [-0.39, 0.29) is 112 Å². The topological polar surface area (TPSA) is 172 Å². The monoisotopic (exact) mass is 1440 g/mol. The molecule has 4 atom stereocenters. The predicted octanol–water partition coefficient (Wildman–Crippen LogP) is 15.7. The molecule has 2 saturated carbocycles. The summed E-state index contributed by atoms with van der Waals surface area (Å²) in [6, 6.07) is 11.2. The molecular weight excluding hydrogens is 1340 g/mol. The number of carbonyl (C=O) groups excluding carboxylic acids is 3. The van der Waals surface area contributed by atoms with E-state index in [1.165, 1.54) is 11.1 Å². The van der Waals surface area contributed by atoms with Gasteiger partial charge in [0, 0.05) is 48.7 Å². The number of ether oxygens (including phenoxy) is 1. The third kappa shape index (κ3) is 21.6. The number of benzene rings is 4. The number of aliphatic carboxylic acids is 1. The molecule has 2 fully saturated rings. The van der Waals surface area contributed by atoms with Crippen molar-refractivity contribution in [3.8, 4) is 22.3 Å². The fourth-order valence-electron chi connectivity index (χ4n) is 13.0. The molecule has 0 saturated heterocycles. The van der Waals surface area contributed by atoms with Gasteiger partial charge in [-0.1, -0.05) is 52.0 Å². The number of rotatable bonds is 27. The van der Waals surface area contributed by atoms with Crippen LogP contribution in [0.15, 0.2) is 82.6 Å². The van der Waals surface area contributed by atoms with Crippen LogP contribution >= 0.6 is 27.0 Å². The summed E-state index contributed by atoms with van der Waals surface area (Å²) in [4.78, 5) is 83.1. The first-order valence-electron chi connectivity index (χ1n) is 33.5. The molecule has 0 spiro atoms. The molecule has 2 unspecified atom stereocenters. The van der Waals surface area contributed by atoms with Crippen molar-refractivity contribution >= 4 is 50.7 Å². The molecule has 100 heavy (non-hydrogen) atoms. The summed E-state index contributed by atoms with van der Waals surface area (Å²) in [5.74, 6) is -3.99. The molecule has 0 radical (unpaired) electrons. The Morgan fingerprint density at radius 3 is 1.18 bits per heavy atom. The van der Waals surface area contributed by atoms with Crippen molar-refractivity contribution in [2.24, 2.45) is 11.8 Å². The van der Waals surface area contributed by atoms with E-state index < -0.39 is 107 Å². The lowest BCUT2D eigenvalue weighted by atomic mass is 9.88. The number of halogens is 8. The van der Waals surface area contributed by atoms with Crippen molar-refractivity contribution in [2.45, 2.75) is 189 Å². The molecule has 6 aromatic rings. The Kier molecular flexibility index (Phi) is 29.2. The third-order valence-electron chi connectivity index (χ3n) is 18.0. The number of nitrogens with one attached hydrogen (secondary N) is 2. The Hall–Kier alpha value is -7.28. The van der Waals surface area contributed by atoms with Crippen molar-refractivity contribution in [1.29, 1.82) is 0 Å². The van der Waals surface area contributed by atoms with Gasteiger partial charge in [-0.05, 0) is 254 Å². The minimum Gasteiger partial charge on any atom is -0.481 e. The number of hydrogen-bond donors (Lipinski definition) is 3. The van der Waals surface area contributed by atoms with Gasteiger partial charge in [0.05, 0.1) is 42.7 Å². The number of aryl methyl sites for hydroxylation is 6. The Labute approximate surface area is 595 Å². The summed E-state index contributed by atoms with van der Waals surface area (Å²) in [5.41, 5.74) is 6.03. The van der Waals surface area contributed by atoms with Crippen molar-refractivity contribution < 1.29 is 64.1 Å². The molecular formula is C76H98F8N6O8S2. The van der Waals surface area contributed by atoms with Gasteiger partial charge < -0.3 is 39.4 Å². The normalized spacial score (nSPS) is 14.4. The number of carboxylic acid groups (broad SMARTS) is 1. The van der Waals surface area contributed by atoms with Crippen molar-refractivity contribution in [3.63, 3.8) is 0 Å². The third-order valence-corrected chi connectivity index (χ3v) is 18.0. The second-order valence-electron chi connectivity index (χ2n) is 28.0. The lowest BCUT2D eigenvalue weighted by Crippen LogP contribution is -2.41. The summed E-state index contributed by atoms with van der Waals surface area (Å²) in [5, 5.41) is 15.3. The average Bonchev–Trinajstić information content (AvgIpc) is 1.44. The van der Waals surface area contributed by atoms with Gasteiger partial charge in [-0.15, -0.1) is 0 Å². The van der Waals surface area contributed by atoms with Gasteiger partial charge in [0.2, 0.25) is 11.8 Å². The van der Waals surface area contributed by atoms with Crippen LogP contribution in [-0.4, -0.2) is 95.7 Å². The van der Waals surface area contributed by atoms with Crippen LogP contribution in [0.2, 0.25) is 0 Å². The molecule has 0 aliphatic heterocycles. The number of esters is 1. The number of amides is 2. The van der Waals surface area contributed by atoms with E-state index in [1.807, 2.05) is 41.5 Å². The van der Waals surface area contributed by atoms with Gasteiger partial charge in [-0.3, -0.25) is 28.8 Å². The highest BCUT2D eigenvalue weighted by Crippen LogP contribution is 2.45. The Bertz CT molecular complexity index is 4000. The highest BCUT2D eigenvalue weighted by atomic mass is 32.1. The highest BCUT2D eigenvalue weighted by molar-refractivity contribution is 7.59. The first kappa shape index (κ1) is 83.4. The Morgan fingerprint density at radius 2 is 0.890 bits per heavy atom. The number of pyridine rings is 2. The summed E-state index contributed by atoms with van der Waals surface area (Å²) >= 11 is 0. The number of aromatic nitrogens is 2. The second-order valence-corrected chi connectivity index (χ2v) is 28.0. The smallest absolute Gasteiger partial charge is 0.416 e. The number of nitrogens with zero attached hydrogens (tertiary/aromatic N) is 4. The van der Waals surface area contributed by atoms with Gasteiger partial charge in [0.15, 0.2) is 0 Å². The maximum atomic E-state index is 16.1.